The third kappa shape index (κ3) is 3.93. The predicted octanol–water partition coefficient (Wildman–Crippen LogP) is 2.11. The third-order valence-corrected chi connectivity index (χ3v) is 4.12. The van der Waals surface area contributed by atoms with Gasteiger partial charge in [-0.1, -0.05) is 23.7 Å². The zero-order valence-electron chi connectivity index (χ0n) is 11.9. The highest BCUT2D eigenvalue weighted by Crippen LogP contribution is 2.21. The number of nitrogens with zero attached hydrogens (tertiary/aromatic N) is 1. The predicted molar refractivity (Wildman–Crippen MR) is 80.0 cm³/mol. The first-order valence-electron chi connectivity index (χ1n) is 6.82. The third-order valence-electron chi connectivity index (χ3n) is 3.76. The maximum absolute atomic E-state index is 6.32. The summed E-state index contributed by atoms with van der Waals surface area (Å²) in [6.07, 6.45) is 1.12. The van der Waals surface area contributed by atoms with Gasteiger partial charge in [0.05, 0.1) is 12.7 Å². The summed E-state index contributed by atoms with van der Waals surface area (Å²) in [5.74, 6) is 0. The molecule has 0 aliphatic carbocycles. The summed E-state index contributed by atoms with van der Waals surface area (Å²) in [4.78, 5) is 2.31. The quantitative estimate of drug-likeness (QED) is 0.915. The summed E-state index contributed by atoms with van der Waals surface area (Å²) in [5.41, 5.74) is 2.38. The molecule has 106 valence electrons. The van der Waals surface area contributed by atoms with Crippen molar-refractivity contribution in [3.63, 3.8) is 0 Å². The highest BCUT2D eigenvalue weighted by Gasteiger charge is 2.26. The first-order valence-corrected chi connectivity index (χ1v) is 7.20. The molecule has 1 aromatic rings. The molecule has 0 bridgehead atoms. The molecule has 1 aromatic carbocycles. The molecule has 1 aliphatic rings. The van der Waals surface area contributed by atoms with Crippen LogP contribution in [0.4, 0.5) is 0 Å². The molecule has 19 heavy (non-hydrogen) atoms. The zero-order valence-corrected chi connectivity index (χ0v) is 12.7. The van der Waals surface area contributed by atoms with Gasteiger partial charge >= 0.3 is 0 Å². The summed E-state index contributed by atoms with van der Waals surface area (Å²) in [5, 5.41) is 4.22. The van der Waals surface area contributed by atoms with Crippen LogP contribution in [0.3, 0.4) is 0 Å². The average molecular weight is 283 g/mol. The fourth-order valence-electron chi connectivity index (χ4n) is 2.53. The van der Waals surface area contributed by atoms with E-state index in [0.29, 0.717) is 6.04 Å². The first-order chi connectivity index (χ1) is 9.10. The van der Waals surface area contributed by atoms with Crippen LogP contribution in [0.15, 0.2) is 18.2 Å². The van der Waals surface area contributed by atoms with Crippen molar-refractivity contribution in [3.05, 3.63) is 34.3 Å². The lowest BCUT2D eigenvalue weighted by atomic mass is 9.99. The fourth-order valence-corrected chi connectivity index (χ4v) is 2.84. The SMILES string of the molecule is CNC(Cc1ccc(C)cc1Cl)C1CN(C)CCO1. The molecule has 0 amide bonds. The lowest BCUT2D eigenvalue weighted by Gasteiger charge is -2.35. The van der Waals surface area contributed by atoms with E-state index in [2.05, 4.69) is 36.3 Å². The molecule has 0 radical (unpaired) electrons. The van der Waals surface area contributed by atoms with Crippen molar-refractivity contribution >= 4 is 11.6 Å². The normalized spacial score (nSPS) is 22.4. The van der Waals surface area contributed by atoms with Gasteiger partial charge in [-0.2, -0.15) is 0 Å². The maximum Gasteiger partial charge on any atom is 0.0858 e. The molecule has 3 nitrogen and oxygen atoms in total. The number of benzene rings is 1. The summed E-state index contributed by atoms with van der Waals surface area (Å²) in [6.45, 7) is 4.85. The summed E-state index contributed by atoms with van der Waals surface area (Å²) in [6, 6.07) is 6.55. The summed E-state index contributed by atoms with van der Waals surface area (Å²) in [7, 11) is 4.13. The molecular formula is C15H23ClN2O. The topological polar surface area (TPSA) is 24.5 Å². The van der Waals surface area contributed by atoms with Crippen molar-refractivity contribution < 1.29 is 4.74 Å². The Morgan fingerprint density at radius 1 is 1.53 bits per heavy atom. The summed E-state index contributed by atoms with van der Waals surface area (Å²) >= 11 is 6.32. The van der Waals surface area contributed by atoms with Crippen LogP contribution in [0.2, 0.25) is 5.02 Å². The van der Waals surface area contributed by atoms with Gasteiger partial charge in [-0.15, -0.1) is 0 Å². The molecule has 1 saturated heterocycles. The smallest absolute Gasteiger partial charge is 0.0858 e. The number of hydrogen-bond donors (Lipinski definition) is 1. The monoisotopic (exact) mass is 282 g/mol. The number of likely N-dealkylation sites (N-methyl/N-ethyl adjacent to an activating group) is 2. The largest absolute Gasteiger partial charge is 0.374 e. The molecule has 1 N–H and O–H groups in total. The molecule has 2 unspecified atom stereocenters. The highest BCUT2D eigenvalue weighted by atomic mass is 35.5. The highest BCUT2D eigenvalue weighted by molar-refractivity contribution is 6.31. The Bertz CT molecular complexity index is 425. The van der Waals surface area contributed by atoms with Crippen molar-refractivity contribution in [1.29, 1.82) is 0 Å². The molecule has 2 rings (SSSR count). The Kier molecular flexibility index (Phi) is 5.22. The van der Waals surface area contributed by atoms with Gasteiger partial charge < -0.3 is 15.0 Å². The second-order valence-corrected chi connectivity index (χ2v) is 5.77. The van der Waals surface area contributed by atoms with Crippen LogP contribution in [0.25, 0.3) is 0 Å². The number of nitrogens with one attached hydrogen (secondary N) is 1. The lowest BCUT2D eigenvalue weighted by molar-refractivity contribution is -0.0372. The van der Waals surface area contributed by atoms with E-state index < -0.39 is 0 Å². The maximum atomic E-state index is 6.32. The minimum absolute atomic E-state index is 0.223. The van der Waals surface area contributed by atoms with Crippen molar-refractivity contribution in [2.75, 3.05) is 33.8 Å². The molecule has 2 atom stereocenters. The van der Waals surface area contributed by atoms with Gasteiger partial charge in [-0.05, 0) is 44.6 Å². The molecule has 1 heterocycles. The molecule has 0 aromatic heterocycles. The number of hydrogen-bond acceptors (Lipinski definition) is 3. The first kappa shape index (κ1) is 14.8. The van der Waals surface area contributed by atoms with E-state index in [1.807, 2.05) is 13.1 Å². The van der Waals surface area contributed by atoms with Gasteiger partial charge in [-0.3, -0.25) is 0 Å². The summed E-state index contributed by atoms with van der Waals surface area (Å²) < 4.78 is 5.89. The van der Waals surface area contributed by atoms with Crippen LogP contribution in [0.1, 0.15) is 11.1 Å². The van der Waals surface area contributed by atoms with Crippen LogP contribution in [0, 0.1) is 6.92 Å². The zero-order chi connectivity index (χ0) is 13.8. The van der Waals surface area contributed by atoms with Gasteiger partial charge in [0, 0.05) is 24.2 Å². The van der Waals surface area contributed by atoms with Crippen LogP contribution in [-0.2, 0) is 11.2 Å². The van der Waals surface area contributed by atoms with Crippen LogP contribution in [-0.4, -0.2) is 50.8 Å². The molecule has 0 spiro atoms. The van der Waals surface area contributed by atoms with Crippen molar-refractivity contribution in [2.45, 2.75) is 25.5 Å². The van der Waals surface area contributed by atoms with Crippen LogP contribution < -0.4 is 5.32 Å². The molecule has 4 heteroatoms. The Labute approximate surface area is 120 Å². The van der Waals surface area contributed by atoms with E-state index in [4.69, 9.17) is 16.3 Å². The number of rotatable bonds is 4. The average Bonchev–Trinajstić information content (AvgIpc) is 2.38. The Balaban J connectivity index is 2.05. The Hall–Kier alpha value is -0.610. The molecule has 0 saturated carbocycles. The van der Waals surface area contributed by atoms with Gasteiger partial charge in [-0.25, -0.2) is 0 Å². The van der Waals surface area contributed by atoms with E-state index in [0.717, 1.165) is 31.1 Å². The van der Waals surface area contributed by atoms with Gasteiger partial charge in [0.15, 0.2) is 0 Å². The standard InChI is InChI=1S/C15H23ClN2O/c1-11-4-5-12(13(16)8-11)9-14(17-2)15-10-18(3)6-7-19-15/h4-5,8,14-15,17H,6-7,9-10H2,1-3H3. The molecule has 1 aliphatic heterocycles. The van der Waals surface area contributed by atoms with E-state index in [-0.39, 0.29) is 6.10 Å². The number of halogens is 1. The number of ether oxygens (including phenoxy) is 1. The molecular weight excluding hydrogens is 260 g/mol. The fraction of sp³-hybridized carbons (Fsp3) is 0.600. The van der Waals surface area contributed by atoms with E-state index >= 15 is 0 Å². The van der Waals surface area contributed by atoms with E-state index in [1.165, 1.54) is 11.1 Å². The molecule has 1 fully saturated rings. The lowest BCUT2D eigenvalue weighted by Crippen LogP contribution is -2.51. The van der Waals surface area contributed by atoms with Crippen LogP contribution >= 0.6 is 11.6 Å². The van der Waals surface area contributed by atoms with Crippen molar-refractivity contribution in [3.8, 4) is 0 Å². The van der Waals surface area contributed by atoms with Gasteiger partial charge in [0.1, 0.15) is 0 Å². The van der Waals surface area contributed by atoms with E-state index in [1.54, 1.807) is 0 Å². The Morgan fingerprint density at radius 2 is 2.32 bits per heavy atom. The minimum atomic E-state index is 0.223. The van der Waals surface area contributed by atoms with Gasteiger partial charge in [0.2, 0.25) is 0 Å². The minimum Gasteiger partial charge on any atom is -0.374 e. The Morgan fingerprint density at radius 3 is 2.95 bits per heavy atom. The van der Waals surface area contributed by atoms with Gasteiger partial charge in [0.25, 0.3) is 0 Å². The van der Waals surface area contributed by atoms with Crippen molar-refractivity contribution in [2.24, 2.45) is 0 Å². The number of morpholine rings is 1. The second kappa shape index (κ2) is 6.71. The van der Waals surface area contributed by atoms with E-state index in [9.17, 15) is 0 Å². The number of aryl methyl sites for hydroxylation is 1. The van der Waals surface area contributed by atoms with Crippen LogP contribution in [0.5, 0.6) is 0 Å². The van der Waals surface area contributed by atoms with Crippen molar-refractivity contribution in [1.82, 2.24) is 10.2 Å². The second-order valence-electron chi connectivity index (χ2n) is 5.37.